The second kappa shape index (κ2) is 8.44. The van der Waals surface area contributed by atoms with Crippen molar-refractivity contribution in [2.45, 2.75) is 25.9 Å². The summed E-state index contributed by atoms with van der Waals surface area (Å²) in [4.78, 5) is 26.9. The molecule has 0 saturated carbocycles. The van der Waals surface area contributed by atoms with Crippen LogP contribution in [0, 0.1) is 6.92 Å². The molecular formula is C24H23NO8S. The number of carbonyl (C=O) groups excluding carboxylic acids is 1. The molecule has 34 heavy (non-hydrogen) atoms. The van der Waals surface area contributed by atoms with Crippen LogP contribution in [0.2, 0.25) is 0 Å². The molecule has 9 nitrogen and oxygen atoms in total. The Hall–Kier alpha value is -3.37. The Kier molecular flexibility index (Phi) is 5.57. The monoisotopic (exact) mass is 485 g/mol. The van der Waals surface area contributed by atoms with Crippen molar-refractivity contribution < 1.29 is 31.8 Å². The standard InChI is InChI=1S/C24H23NO8S/c1-14-22(33-17-5-3-15(4-6-17)24(27)30-2)21(26)18-7-8-20-19(23(18)32-14)11-25(13-31-20)16-9-10-34(28,29)12-16/h3-8,16H,9-13H2,1-2H3/t16-/m1/s1. The van der Waals surface area contributed by atoms with Crippen molar-refractivity contribution >= 4 is 26.8 Å². The molecule has 3 aromatic rings. The highest BCUT2D eigenvalue weighted by atomic mass is 32.2. The number of fused-ring (bicyclic) bond motifs is 3. The van der Waals surface area contributed by atoms with Crippen molar-refractivity contribution in [3.05, 3.63) is 63.5 Å². The molecule has 0 unspecified atom stereocenters. The molecule has 0 spiro atoms. The summed E-state index contributed by atoms with van der Waals surface area (Å²) in [5.74, 6) is 1.14. The van der Waals surface area contributed by atoms with Gasteiger partial charge in [-0.25, -0.2) is 13.2 Å². The van der Waals surface area contributed by atoms with Gasteiger partial charge in [0.25, 0.3) is 0 Å². The fraction of sp³-hybridized carbons (Fsp3) is 0.333. The topological polar surface area (TPSA) is 112 Å². The van der Waals surface area contributed by atoms with Crippen LogP contribution in [0.25, 0.3) is 11.0 Å². The van der Waals surface area contributed by atoms with E-state index in [1.54, 1.807) is 43.3 Å². The first-order valence-corrected chi connectivity index (χ1v) is 12.6. The van der Waals surface area contributed by atoms with Gasteiger partial charge in [0.1, 0.15) is 29.6 Å². The number of carbonyl (C=O) groups is 1. The number of ether oxygens (including phenoxy) is 3. The highest BCUT2D eigenvalue weighted by Gasteiger charge is 2.35. The number of rotatable bonds is 4. The summed E-state index contributed by atoms with van der Waals surface area (Å²) >= 11 is 0. The van der Waals surface area contributed by atoms with Gasteiger partial charge < -0.3 is 18.6 Å². The quantitative estimate of drug-likeness (QED) is 0.515. The zero-order valence-electron chi connectivity index (χ0n) is 18.7. The minimum absolute atomic E-state index is 0.0498. The van der Waals surface area contributed by atoms with Gasteiger partial charge in [0.15, 0.2) is 9.84 Å². The molecule has 3 heterocycles. The summed E-state index contributed by atoms with van der Waals surface area (Å²) in [6.07, 6.45) is 0.557. The molecule has 0 bridgehead atoms. The third kappa shape index (κ3) is 4.03. The lowest BCUT2D eigenvalue weighted by Crippen LogP contribution is -2.41. The minimum Gasteiger partial charge on any atom is -0.478 e. The zero-order valence-corrected chi connectivity index (χ0v) is 19.5. The van der Waals surface area contributed by atoms with E-state index in [1.165, 1.54) is 7.11 Å². The average Bonchev–Trinajstić information content (AvgIpc) is 3.20. The molecule has 0 aliphatic carbocycles. The van der Waals surface area contributed by atoms with Gasteiger partial charge in [0.2, 0.25) is 11.2 Å². The Bertz CT molecular complexity index is 1440. The summed E-state index contributed by atoms with van der Waals surface area (Å²) in [7, 11) is -1.73. The van der Waals surface area contributed by atoms with Gasteiger partial charge in [-0.15, -0.1) is 0 Å². The fourth-order valence-corrected chi connectivity index (χ4v) is 6.15. The van der Waals surface area contributed by atoms with Crippen molar-refractivity contribution in [1.29, 1.82) is 0 Å². The molecule has 0 N–H and O–H groups in total. The predicted octanol–water partition coefficient (Wildman–Crippen LogP) is 3.02. The second-order valence-corrected chi connectivity index (χ2v) is 10.7. The van der Waals surface area contributed by atoms with Crippen LogP contribution < -0.4 is 14.9 Å². The molecule has 178 valence electrons. The summed E-state index contributed by atoms with van der Waals surface area (Å²) < 4.78 is 46.3. The highest BCUT2D eigenvalue weighted by Crippen LogP contribution is 2.35. The van der Waals surface area contributed by atoms with Gasteiger partial charge in [-0.1, -0.05) is 0 Å². The first-order chi connectivity index (χ1) is 16.3. The van der Waals surface area contributed by atoms with E-state index in [9.17, 15) is 18.0 Å². The molecule has 0 radical (unpaired) electrons. The molecule has 1 saturated heterocycles. The third-order valence-corrected chi connectivity index (χ3v) is 7.96. The van der Waals surface area contributed by atoms with Crippen molar-refractivity contribution in [3.8, 4) is 17.2 Å². The van der Waals surface area contributed by atoms with E-state index in [2.05, 4.69) is 4.74 Å². The van der Waals surface area contributed by atoms with Crippen LogP contribution in [0.3, 0.4) is 0 Å². The van der Waals surface area contributed by atoms with Gasteiger partial charge in [0.05, 0.1) is 35.1 Å². The number of benzene rings is 2. The second-order valence-electron chi connectivity index (χ2n) is 8.43. The SMILES string of the molecule is COC(=O)c1ccc(Oc2c(C)oc3c4c(ccc3c2=O)OCN([C@@H]2CCS(=O)(=O)C2)C4)cc1. The summed E-state index contributed by atoms with van der Waals surface area (Å²) in [5.41, 5.74) is 1.14. The molecule has 5 rings (SSSR count). The van der Waals surface area contributed by atoms with E-state index >= 15 is 0 Å². The molecule has 1 fully saturated rings. The van der Waals surface area contributed by atoms with Gasteiger partial charge in [-0.05, 0) is 49.7 Å². The lowest BCUT2D eigenvalue weighted by Gasteiger charge is -2.33. The van der Waals surface area contributed by atoms with Crippen LogP contribution in [0.15, 0.2) is 45.6 Å². The van der Waals surface area contributed by atoms with Crippen LogP contribution in [-0.2, 0) is 21.1 Å². The summed E-state index contributed by atoms with van der Waals surface area (Å²) in [5, 5.41) is 0.343. The molecule has 2 aliphatic heterocycles. The maximum absolute atomic E-state index is 13.3. The molecule has 10 heteroatoms. The molecule has 1 atom stereocenters. The number of hydrogen-bond donors (Lipinski definition) is 0. The zero-order chi connectivity index (χ0) is 24.0. The van der Waals surface area contributed by atoms with E-state index in [0.717, 1.165) is 0 Å². The van der Waals surface area contributed by atoms with Crippen molar-refractivity contribution in [3.63, 3.8) is 0 Å². The van der Waals surface area contributed by atoms with Crippen LogP contribution in [0.1, 0.15) is 28.1 Å². The maximum atomic E-state index is 13.3. The Morgan fingerprint density at radius 1 is 1.15 bits per heavy atom. The van der Waals surface area contributed by atoms with Crippen LogP contribution >= 0.6 is 0 Å². The number of sulfone groups is 1. The molecule has 2 aromatic carbocycles. The molecule has 1 aromatic heterocycles. The van der Waals surface area contributed by atoms with Gasteiger partial charge in [-0.3, -0.25) is 9.69 Å². The number of hydrogen-bond acceptors (Lipinski definition) is 9. The molecule has 2 aliphatic rings. The van der Waals surface area contributed by atoms with E-state index in [1.807, 2.05) is 4.90 Å². The summed E-state index contributed by atoms with van der Waals surface area (Å²) in [6, 6.07) is 9.48. The lowest BCUT2D eigenvalue weighted by molar-refractivity contribution is 0.0600. The highest BCUT2D eigenvalue weighted by molar-refractivity contribution is 7.91. The summed E-state index contributed by atoms with van der Waals surface area (Å²) in [6.45, 7) is 2.35. The first kappa shape index (κ1) is 22.4. The third-order valence-electron chi connectivity index (χ3n) is 6.21. The minimum atomic E-state index is -3.04. The number of nitrogens with zero attached hydrogens (tertiary/aromatic N) is 1. The first-order valence-electron chi connectivity index (χ1n) is 10.8. The molecule has 0 amide bonds. The van der Waals surface area contributed by atoms with Gasteiger partial charge in [0, 0.05) is 12.6 Å². The van der Waals surface area contributed by atoms with E-state index < -0.39 is 15.8 Å². The van der Waals surface area contributed by atoms with E-state index in [0.29, 0.717) is 52.3 Å². The number of aryl methyl sites for hydroxylation is 1. The predicted molar refractivity (Wildman–Crippen MR) is 123 cm³/mol. The molecular weight excluding hydrogens is 462 g/mol. The van der Waals surface area contributed by atoms with E-state index in [-0.39, 0.29) is 35.5 Å². The average molecular weight is 486 g/mol. The number of esters is 1. The van der Waals surface area contributed by atoms with Crippen molar-refractivity contribution in [2.75, 3.05) is 25.3 Å². The fourth-order valence-electron chi connectivity index (χ4n) is 4.38. The van der Waals surface area contributed by atoms with Crippen LogP contribution in [-0.4, -0.2) is 50.7 Å². The van der Waals surface area contributed by atoms with Crippen molar-refractivity contribution in [1.82, 2.24) is 4.90 Å². The lowest BCUT2D eigenvalue weighted by atomic mass is 10.1. The Labute approximate surface area is 195 Å². The van der Waals surface area contributed by atoms with Crippen LogP contribution in [0.5, 0.6) is 17.2 Å². The maximum Gasteiger partial charge on any atom is 0.337 e. The Morgan fingerprint density at radius 2 is 1.91 bits per heavy atom. The van der Waals surface area contributed by atoms with Crippen molar-refractivity contribution in [2.24, 2.45) is 0 Å². The number of methoxy groups -OCH3 is 1. The normalized spacial score (nSPS) is 19.4. The Morgan fingerprint density at radius 3 is 2.59 bits per heavy atom. The van der Waals surface area contributed by atoms with Crippen LogP contribution in [0.4, 0.5) is 0 Å². The smallest absolute Gasteiger partial charge is 0.337 e. The Balaban J connectivity index is 1.47. The van der Waals surface area contributed by atoms with E-state index in [4.69, 9.17) is 13.9 Å². The van der Waals surface area contributed by atoms with Gasteiger partial charge in [-0.2, -0.15) is 0 Å². The van der Waals surface area contributed by atoms with Gasteiger partial charge >= 0.3 is 5.97 Å². The largest absolute Gasteiger partial charge is 0.478 e.